The fraction of sp³-hybridized carbons (Fsp3) is 0.370. The summed E-state index contributed by atoms with van der Waals surface area (Å²) in [6.45, 7) is 8.92. The number of methoxy groups -OCH3 is 1. The van der Waals surface area contributed by atoms with Crippen LogP contribution in [0.3, 0.4) is 0 Å². The highest BCUT2D eigenvalue weighted by atomic mass is 16.5. The first-order valence-electron chi connectivity index (χ1n) is 11.0. The van der Waals surface area contributed by atoms with Gasteiger partial charge in [0.05, 0.1) is 12.8 Å². The number of rotatable bonds is 7. The Bertz CT molecular complexity index is 1070. The van der Waals surface area contributed by atoms with E-state index in [-0.39, 0.29) is 5.60 Å². The number of benzene rings is 2. The Morgan fingerprint density at radius 3 is 2.35 bits per heavy atom. The Hall–Kier alpha value is -3.01. The van der Waals surface area contributed by atoms with Gasteiger partial charge in [0.25, 0.3) is 0 Å². The molecule has 0 aliphatic carbocycles. The van der Waals surface area contributed by atoms with Crippen molar-refractivity contribution < 1.29 is 14.2 Å². The largest absolute Gasteiger partial charge is 0.496 e. The van der Waals surface area contributed by atoms with Gasteiger partial charge in [-0.3, -0.25) is 4.98 Å². The molecule has 2 heterocycles. The summed E-state index contributed by atoms with van der Waals surface area (Å²) >= 11 is 0. The lowest BCUT2D eigenvalue weighted by Gasteiger charge is -2.19. The highest BCUT2D eigenvalue weighted by molar-refractivity contribution is 5.69. The summed E-state index contributed by atoms with van der Waals surface area (Å²) in [6.07, 6.45) is 4.69. The minimum atomic E-state index is -0.202. The summed E-state index contributed by atoms with van der Waals surface area (Å²) in [4.78, 5) is 4.79. The molecule has 1 aromatic heterocycles. The summed E-state index contributed by atoms with van der Waals surface area (Å²) in [5, 5.41) is 0. The molecule has 4 heteroatoms. The lowest BCUT2D eigenvalue weighted by Crippen LogP contribution is -2.24. The number of hydrogen-bond donors (Lipinski definition) is 0. The molecule has 0 saturated carbocycles. The topological polar surface area (TPSA) is 40.6 Å². The number of ether oxygens (including phenoxy) is 3. The van der Waals surface area contributed by atoms with Crippen LogP contribution in [0, 0.1) is 0 Å². The van der Waals surface area contributed by atoms with Crippen LogP contribution in [0.5, 0.6) is 17.2 Å². The molecule has 2 aromatic carbocycles. The molecule has 0 fully saturated rings. The Morgan fingerprint density at radius 1 is 0.968 bits per heavy atom. The predicted octanol–water partition coefficient (Wildman–Crippen LogP) is 6.17. The van der Waals surface area contributed by atoms with Crippen molar-refractivity contribution in [2.45, 2.75) is 59.2 Å². The molecule has 1 aliphatic rings. The van der Waals surface area contributed by atoms with E-state index in [2.05, 4.69) is 52.0 Å². The number of fused-ring (bicyclic) bond motifs is 1. The monoisotopic (exact) mass is 417 g/mol. The number of pyridine rings is 1. The lowest BCUT2D eigenvalue weighted by molar-refractivity contribution is 0.131. The van der Waals surface area contributed by atoms with E-state index in [1.807, 2.05) is 24.4 Å². The van der Waals surface area contributed by atoms with Gasteiger partial charge in [-0.2, -0.15) is 0 Å². The van der Waals surface area contributed by atoms with Gasteiger partial charge in [0.1, 0.15) is 18.0 Å². The van der Waals surface area contributed by atoms with Gasteiger partial charge in [0.15, 0.2) is 11.5 Å². The molecule has 0 unspecified atom stereocenters. The van der Waals surface area contributed by atoms with Gasteiger partial charge in [0, 0.05) is 35.4 Å². The van der Waals surface area contributed by atoms with E-state index in [0.29, 0.717) is 6.61 Å². The first-order chi connectivity index (χ1) is 15.0. The SMILES string of the molecule is CCc1cccc(CC)c1-c1cc(OC)c(COc2cccc3c2OC(C)(C)C3)cn1. The molecule has 0 N–H and O–H groups in total. The second-order valence-electron chi connectivity index (χ2n) is 8.61. The number of para-hydroxylation sites is 1. The molecular formula is C27H31NO3. The molecule has 1 aliphatic heterocycles. The van der Waals surface area contributed by atoms with E-state index in [0.717, 1.165) is 47.8 Å². The molecule has 0 atom stereocenters. The van der Waals surface area contributed by atoms with Gasteiger partial charge < -0.3 is 14.2 Å². The molecule has 0 radical (unpaired) electrons. The fourth-order valence-corrected chi connectivity index (χ4v) is 4.33. The third-order valence-corrected chi connectivity index (χ3v) is 5.86. The quantitative estimate of drug-likeness (QED) is 0.461. The van der Waals surface area contributed by atoms with Crippen LogP contribution in [0.25, 0.3) is 11.3 Å². The van der Waals surface area contributed by atoms with Gasteiger partial charge in [-0.25, -0.2) is 0 Å². The van der Waals surface area contributed by atoms with Crippen molar-refractivity contribution in [1.82, 2.24) is 4.98 Å². The van der Waals surface area contributed by atoms with Crippen molar-refractivity contribution in [2.75, 3.05) is 7.11 Å². The molecule has 0 bridgehead atoms. The Morgan fingerprint density at radius 2 is 1.68 bits per heavy atom. The van der Waals surface area contributed by atoms with Crippen LogP contribution in [-0.4, -0.2) is 17.7 Å². The van der Waals surface area contributed by atoms with Gasteiger partial charge in [0.2, 0.25) is 0 Å². The van der Waals surface area contributed by atoms with Crippen LogP contribution in [0.1, 0.15) is 49.9 Å². The van der Waals surface area contributed by atoms with Crippen molar-refractivity contribution in [3.05, 3.63) is 70.9 Å². The summed E-state index contributed by atoms with van der Waals surface area (Å²) in [6, 6.07) is 14.6. The number of hydrogen-bond acceptors (Lipinski definition) is 4. The van der Waals surface area contributed by atoms with Crippen LogP contribution in [0.2, 0.25) is 0 Å². The normalized spacial score (nSPS) is 14.1. The third-order valence-electron chi connectivity index (χ3n) is 5.86. The summed E-state index contributed by atoms with van der Waals surface area (Å²) in [7, 11) is 1.70. The first-order valence-corrected chi connectivity index (χ1v) is 11.0. The molecular weight excluding hydrogens is 386 g/mol. The summed E-state index contributed by atoms with van der Waals surface area (Å²) in [5.41, 5.74) is 6.66. The number of nitrogens with zero attached hydrogens (tertiary/aromatic N) is 1. The molecule has 0 spiro atoms. The standard InChI is InChI=1S/C27H31NO3/c1-6-18-10-8-11-19(7-2)25(18)22-14-24(29-5)21(16-28-22)17-30-23-13-9-12-20-15-27(3,4)31-26(20)23/h8-14,16H,6-7,15,17H2,1-5H3. The maximum absolute atomic E-state index is 6.16. The predicted molar refractivity (Wildman–Crippen MR) is 124 cm³/mol. The summed E-state index contributed by atoms with van der Waals surface area (Å²) in [5.74, 6) is 2.39. The van der Waals surface area contributed by atoms with E-state index in [9.17, 15) is 0 Å². The minimum Gasteiger partial charge on any atom is -0.496 e. The molecule has 4 nitrogen and oxygen atoms in total. The highest BCUT2D eigenvalue weighted by Gasteiger charge is 2.32. The number of aryl methyl sites for hydroxylation is 2. The second-order valence-corrected chi connectivity index (χ2v) is 8.61. The van der Waals surface area contributed by atoms with Crippen molar-refractivity contribution in [2.24, 2.45) is 0 Å². The molecule has 4 rings (SSSR count). The Labute approximate surface area is 185 Å². The molecule has 0 amide bonds. The Kier molecular flexibility index (Phi) is 5.90. The first kappa shape index (κ1) is 21.2. The zero-order valence-electron chi connectivity index (χ0n) is 19.1. The van der Waals surface area contributed by atoms with E-state index in [1.54, 1.807) is 7.11 Å². The zero-order valence-corrected chi connectivity index (χ0v) is 19.1. The fourth-order valence-electron chi connectivity index (χ4n) is 4.33. The highest BCUT2D eigenvalue weighted by Crippen LogP contribution is 2.42. The molecule has 162 valence electrons. The van der Waals surface area contributed by atoms with Crippen molar-refractivity contribution in [3.63, 3.8) is 0 Å². The van der Waals surface area contributed by atoms with Gasteiger partial charge in [-0.15, -0.1) is 0 Å². The lowest BCUT2D eigenvalue weighted by atomic mass is 9.94. The zero-order chi connectivity index (χ0) is 22.0. The molecule has 0 saturated heterocycles. The van der Waals surface area contributed by atoms with Gasteiger partial charge in [-0.05, 0) is 43.9 Å². The average Bonchev–Trinajstić information content (AvgIpc) is 3.11. The maximum Gasteiger partial charge on any atom is 0.165 e. The van der Waals surface area contributed by atoms with Crippen LogP contribution in [0.15, 0.2) is 48.7 Å². The van der Waals surface area contributed by atoms with Crippen molar-refractivity contribution >= 4 is 0 Å². The van der Waals surface area contributed by atoms with Crippen LogP contribution in [-0.2, 0) is 25.9 Å². The maximum atomic E-state index is 6.16. The smallest absolute Gasteiger partial charge is 0.165 e. The van der Waals surface area contributed by atoms with Crippen molar-refractivity contribution in [1.29, 1.82) is 0 Å². The second kappa shape index (κ2) is 8.62. The Balaban J connectivity index is 1.61. The van der Waals surface area contributed by atoms with E-state index < -0.39 is 0 Å². The van der Waals surface area contributed by atoms with Gasteiger partial charge in [-0.1, -0.05) is 44.2 Å². The summed E-state index contributed by atoms with van der Waals surface area (Å²) < 4.78 is 18.0. The van der Waals surface area contributed by atoms with Crippen LogP contribution >= 0.6 is 0 Å². The van der Waals surface area contributed by atoms with E-state index >= 15 is 0 Å². The van der Waals surface area contributed by atoms with E-state index in [4.69, 9.17) is 19.2 Å². The molecule has 31 heavy (non-hydrogen) atoms. The number of aromatic nitrogens is 1. The van der Waals surface area contributed by atoms with Crippen molar-refractivity contribution in [3.8, 4) is 28.5 Å². The molecule has 3 aromatic rings. The van der Waals surface area contributed by atoms with Gasteiger partial charge >= 0.3 is 0 Å². The van der Waals surface area contributed by atoms with Crippen LogP contribution in [0.4, 0.5) is 0 Å². The van der Waals surface area contributed by atoms with E-state index in [1.165, 1.54) is 22.3 Å². The minimum absolute atomic E-state index is 0.202. The van der Waals surface area contributed by atoms with Crippen LogP contribution < -0.4 is 14.2 Å². The average molecular weight is 418 g/mol. The third kappa shape index (κ3) is 4.25.